The van der Waals surface area contributed by atoms with Crippen molar-refractivity contribution in [1.82, 2.24) is 0 Å². The van der Waals surface area contributed by atoms with Gasteiger partial charge in [-0.3, -0.25) is 0 Å². The van der Waals surface area contributed by atoms with Crippen molar-refractivity contribution < 1.29 is 0 Å². The smallest absolute Gasteiger partial charge is 0.0618 e. The number of nitrogens with two attached hydrogens (primary N) is 1. The molecule has 0 unspecified atom stereocenters. The largest absolute Gasteiger partial charge is 0.397 e. The van der Waals surface area contributed by atoms with Gasteiger partial charge in [-0.05, 0) is 74.9 Å². The summed E-state index contributed by atoms with van der Waals surface area (Å²) < 4.78 is 2.02. The molecule has 0 aliphatic heterocycles. The minimum atomic E-state index is 0.693. The molecule has 17 heavy (non-hydrogen) atoms. The van der Waals surface area contributed by atoms with Crippen LogP contribution >= 0.6 is 50.1 Å². The first-order valence-corrected chi connectivity index (χ1v) is 7.08. The second-order valence-corrected chi connectivity index (χ2v) is 6.02. The third-order valence-electron chi connectivity index (χ3n) is 2.21. The number of benzene rings is 2. The van der Waals surface area contributed by atoms with E-state index in [1.165, 1.54) is 0 Å². The fraction of sp³-hybridized carbons (Fsp3) is 0. The van der Waals surface area contributed by atoms with E-state index in [2.05, 4.69) is 43.8 Å². The predicted molar refractivity (Wildman–Crippen MR) is 86.0 cm³/mol. The molecule has 0 spiro atoms. The Morgan fingerprint density at radius 1 is 1.12 bits per heavy atom. The molecule has 0 fully saturated rings. The summed E-state index contributed by atoms with van der Waals surface area (Å²) in [7, 11) is 0. The molecule has 0 heterocycles. The van der Waals surface area contributed by atoms with Gasteiger partial charge in [-0.15, -0.1) is 0 Å². The van der Waals surface area contributed by atoms with E-state index in [4.69, 9.17) is 17.3 Å². The molecular weight excluding hydrogens is 414 g/mol. The lowest BCUT2D eigenvalue weighted by molar-refractivity contribution is 1.51. The predicted octanol–water partition coefficient (Wildman–Crippen LogP) is 5.03. The van der Waals surface area contributed by atoms with Crippen LogP contribution in [0.2, 0.25) is 5.02 Å². The summed E-state index contributed by atoms with van der Waals surface area (Å²) >= 11 is 11.6. The number of nitrogen functional groups attached to an aromatic ring is 1. The molecule has 0 aliphatic carbocycles. The quantitative estimate of drug-likeness (QED) is 0.525. The van der Waals surface area contributed by atoms with E-state index in [9.17, 15) is 0 Å². The van der Waals surface area contributed by atoms with Crippen LogP contribution in [0.25, 0.3) is 0 Å². The lowest BCUT2D eigenvalue weighted by atomic mass is 10.2. The Hall–Kier alpha value is -0.460. The summed E-state index contributed by atoms with van der Waals surface area (Å²) in [6, 6.07) is 11.5. The Balaban J connectivity index is 2.31. The van der Waals surface area contributed by atoms with Crippen molar-refractivity contribution in [3.05, 3.63) is 49.5 Å². The van der Waals surface area contributed by atoms with E-state index in [1.54, 1.807) is 0 Å². The fourth-order valence-corrected chi connectivity index (χ4v) is 2.68. The van der Waals surface area contributed by atoms with Gasteiger partial charge >= 0.3 is 0 Å². The van der Waals surface area contributed by atoms with Gasteiger partial charge in [0.2, 0.25) is 0 Å². The van der Waals surface area contributed by atoms with Crippen molar-refractivity contribution in [2.45, 2.75) is 0 Å². The number of anilines is 3. The topological polar surface area (TPSA) is 38.0 Å². The minimum absolute atomic E-state index is 0.693. The van der Waals surface area contributed by atoms with Gasteiger partial charge in [0, 0.05) is 13.1 Å². The first-order valence-electron chi connectivity index (χ1n) is 4.83. The highest BCUT2D eigenvalue weighted by atomic mass is 127. The number of nitrogens with one attached hydrogen (secondary N) is 1. The SMILES string of the molecule is Nc1cc(I)ccc1Nc1ccc(Cl)cc1Br. The molecule has 0 saturated heterocycles. The molecule has 0 radical (unpaired) electrons. The van der Waals surface area contributed by atoms with Crippen LogP contribution in [0.3, 0.4) is 0 Å². The number of rotatable bonds is 2. The Kier molecular flexibility index (Phi) is 4.17. The Morgan fingerprint density at radius 2 is 1.82 bits per heavy atom. The summed E-state index contributed by atoms with van der Waals surface area (Å²) in [5, 5.41) is 3.95. The molecule has 0 aliphatic rings. The molecule has 0 amide bonds. The Labute approximate surface area is 127 Å². The summed E-state index contributed by atoms with van der Waals surface area (Å²) in [6.07, 6.45) is 0. The molecule has 2 nitrogen and oxygen atoms in total. The van der Waals surface area contributed by atoms with Gasteiger partial charge in [0.25, 0.3) is 0 Å². The van der Waals surface area contributed by atoms with Crippen LogP contribution in [0, 0.1) is 3.57 Å². The van der Waals surface area contributed by atoms with Crippen molar-refractivity contribution in [2.75, 3.05) is 11.1 Å². The van der Waals surface area contributed by atoms with E-state index in [0.717, 1.165) is 25.1 Å². The van der Waals surface area contributed by atoms with Gasteiger partial charge in [-0.1, -0.05) is 11.6 Å². The first-order chi connectivity index (χ1) is 8.06. The van der Waals surface area contributed by atoms with Gasteiger partial charge in [0.05, 0.1) is 17.1 Å². The van der Waals surface area contributed by atoms with E-state index >= 15 is 0 Å². The van der Waals surface area contributed by atoms with Gasteiger partial charge in [-0.25, -0.2) is 0 Å². The lowest BCUT2D eigenvalue weighted by Crippen LogP contribution is -1.97. The van der Waals surface area contributed by atoms with Crippen molar-refractivity contribution in [2.24, 2.45) is 0 Å². The molecule has 0 saturated carbocycles. The maximum Gasteiger partial charge on any atom is 0.0618 e. The van der Waals surface area contributed by atoms with Crippen LogP contribution in [0.15, 0.2) is 40.9 Å². The van der Waals surface area contributed by atoms with Crippen molar-refractivity contribution >= 4 is 67.2 Å². The molecule has 0 atom stereocenters. The van der Waals surface area contributed by atoms with Crippen LogP contribution in [-0.2, 0) is 0 Å². The summed E-state index contributed by atoms with van der Waals surface area (Å²) in [4.78, 5) is 0. The summed E-state index contributed by atoms with van der Waals surface area (Å²) in [5.74, 6) is 0. The van der Waals surface area contributed by atoms with Crippen molar-refractivity contribution in [3.63, 3.8) is 0 Å². The minimum Gasteiger partial charge on any atom is -0.397 e. The molecule has 3 N–H and O–H groups in total. The molecule has 5 heteroatoms. The highest BCUT2D eigenvalue weighted by Gasteiger charge is 2.04. The fourth-order valence-electron chi connectivity index (χ4n) is 1.38. The van der Waals surface area contributed by atoms with Gasteiger partial charge in [0.15, 0.2) is 0 Å². The maximum atomic E-state index is 5.94. The van der Waals surface area contributed by atoms with E-state index in [1.807, 2.05) is 36.4 Å². The normalized spacial score (nSPS) is 10.3. The average molecular weight is 423 g/mol. The molecule has 2 rings (SSSR count). The van der Waals surface area contributed by atoms with Crippen LogP contribution in [0.4, 0.5) is 17.1 Å². The van der Waals surface area contributed by atoms with Gasteiger partial charge < -0.3 is 11.1 Å². The lowest BCUT2D eigenvalue weighted by Gasteiger charge is -2.11. The van der Waals surface area contributed by atoms with Crippen LogP contribution in [-0.4, -0.2) is 0 Å². The summed E-state index contributed by atoms with van der Waals surface area (Å²) in [6.45, 7) is 0. The van der Waals surface area contributed by atoms with Crippen molar-refractivity contribution in [1.29, 1.82) is 0 Å². The molecule has 88 valence electrons. The maximum absolute atomic E-state index is 5.94. The van der Waals surface area contributed by atoms with Gasteiger partial charge in [0.1, 0.15) is 0 Å². The number of hydrogen-bond donors (Lipinski definition) is 2. The van der Waals surface area contributed by atoms with Crippen LogP contribution < -0.4 is 11.1 Å². The standard InChI is InChI=1S/C12H9BrClIN2/c13-9-5-7(14)1-3-11(9)17-12-4-2-8(15)6-10(12)16/h1-6,17H,16H2. The Morgan fingerprint density at radius 3 is 2.47 bits per heavy atom. The third-order valence-corrected chi connectivity index (χ3v) is 3.78. The Bertz CT molecular complexity index is 511. The number of halogens is 3. The first kappa shape index (κ1) is 13.0. The zero-order valence-corrected chi connectivity index (χ0v) is 13.2. The molecular formula is C12H9BrClIN2. The molecule has 0 bridgehead atoms. The number of hydrogen-bond acceptors (Lipinski definition) is 2. The van der Waals surface area contributed by atoms with E-state index in [0.29, 0.717) is 5.02 Å². The zero-order chi connectivity index (χ0) is 12.4. The highest BCUT2D eigenvalue weighted by Crippen LogP contribution is 2.31. The average Bonchev–Trinajstić information content (AvgIpc) is 2.25. The van der Waals surface area contributed by atoms with E-state index in [-0.39, 0.29) is 0 Å². The highest BCUT2D eigenvalue weighted by molar-refractivity contribution is 14.1. The zero-order valence-electron chi connectivity index (χ0n) is 8.68. The summed E-state index contributed by atoms with van der Waals surface area (Å²) in [5.41, 5.74) is 8.48. The molecule has 0 aromatic heterocycles. The van der Waals surface area contributed by atoms with Crippen LogP contribution in [0.5, 0.6) is 0 Å². The molecule has 2 aromatic carbocycles. The second kappa shape index (κ2) is 5.46. The van der Waals surface area contributed by atoms with Crippen molar-refractivity contribution in [3.8, 4) is 0 Å². The van der Waals surface area contributed by atoms with E-state index < -0.39 is 0 Å². The third kappa shape index (κ3) is 3.26. The second-order valence-electron chi connectivity index (χ2n) is 3.48. The monoisotopic (exact) mass is 422 g/mol. The molecule has 2 aromatic rings. The van der Waals surface area contributed by atoms with Gasteiger partial charge in [-0.2, -0.15) is 0 Å². The van der Waals surface area contributed by atoms with Crippen LogP contribution in [0.1, 0.15) is 0 Å².